The summed E-state index contributed by atoms with van der Waals surface area (Å²) in [6, 6.07) is 5.40. The molecular formula is C17H19N3O2. The number of hydrogen-bond donors (Lipinski definition) is 2. The van der Waals surface area contributed by atoms with Crippen LogP contribution in [0, 0.1) is 6.92 Å². The molecular weight excluding hydrogens is 278 g/mol. The van der Waals surface area contributed by atoms with E-state index in [1.54, 1.807) is 12.3 Å². The van der Waals surface area contributed by atoms with E-state index in [-0.39, 0.29) is 23.5 Å². The summed E-state index contributed by atoms with van der Waals surface area (Å²) in [6.45, 7) is 5.94. The van der Waals surface area contributed by atoms with E-state index in [1.807, 2.05) is 32.9 Å². The van der Waals surface area contributed by atoms with Crippen LogP contribution >= 0.6 is 0 Å². The highest BCUT2D eigenvalue weighted by molar-refractivity contribution is 5.95. The molecule has 2 aromatic rings. The van der Waals surface area contributed by atoms with Crippen LogP contribution in [0.5, 0.6) is 5.75 Å². The Morgan fingerprint density at radius 2 is 2.14 bits per heavy atom. The zero-order valence-electron chi connectivity index (χ0n) is 12.9. The van der Waals surface area contributed by atoms with Crippen molar-refractivity contribution < 1.29 is 9.90 Å². The molecule has 0 aliphatic carbocycles. The number of fused-ring (bicyclic) bond motifs is 1. The molecule has 2 heterocycles. The number of nitrogens with zero attached hydrogens (tertiary/aromatic N) is 2. The molecule has 1 aliphatic heterocycles. The first-order valence-electron chi connectivity index (χ1n) is 7.42. The van der Waals surface area contributed by atoms with Crippen molar-refractivity contribution in [3.05, 3.63) is 47.0 Å². The third-order valence-electron chi connectivity index (χ3n) is 3.98. The number of phenols is 1. The number of aromatic hydroxyl groups is 1. The highest BCUT2D eigenvalue weighted by Crippen LogP contribution is 2.39. The Hall–Kier alpha value is -2.43. The molecule has 0 bridgehead atoms. The fourth-order valence-electron chi connectivity index (χ4n) is 2.74. The second-order valence-electron chi connectivity index (χ2n) is 6.03. The largest absolute Gasteiger partial charge is 0.508 e. The summed E-state index contributed by atoms with van der Waals surface area (Å²) in [7, 11) is 0. The van der Waals surface area contributed by atoms with Gasteiger partial charge in [0.05, 0.1) is 5.69 Å². The van der Waals surface area contributed by atoms with Crippen molar-refractivity contribution in [1.29, 1.82) is 0 Å². The molecule has 1 aromatic heterocycles. The predicted octanol–water partition coefficient (Wildman–Crippen LogP) is 3.09. The summed E-state index contributed by atoms with van der Waals surface area (Å²) in [6.07, 6.45) is 2.10. The molecule has 2 N–H and O–H groups in total. The molecule has 0 unspecified atom stereocenters. The lowest BCUT2D eigenvalue weighted by Crippen LogP contribution is -2.24. The van der Waals surface area contributed by atoms with Crippen molar-refractivity contribution >= 4 is 11.6 Å². The van der Waals surface area contributed by atoms with Gasteiger partial charge in [-0.3, -0.25) is 4.79 Å². The monoisotopic (exact) mass is 297 g/mol. The zero-order valence-corrected chi connectivity index (χ0v) is 12.9. The van der Waals surface area contributed by atoms with Crippen molar-refractivity contribution in [3.8, 4) is 5.75 Å². The van der Waals surface area contributed by atoms with E-state index in [0.29, 0.717) is 12.1 Å². The minimum atomic E-state index is -0.108. The van der Waals surface area contributed by atoms with E-state index in [1.165, 1.54) is 0 Å². The third kappa shape index (κ3) is 2.54. The molecule has 0 saturated heterocycles. The maximum atomic E-state index is 12.0. The summed E-state index contributed by atoms with van der Waals surface area (Å²) in [4.78, 5) is 20.9. The maximum Gasteiger partial charge on any atom is 0.225 e. The van der Waals surface area contributed by atoms with Crippen LogP contribution in [0.2, 0.25) is 0 Å². The number of phenolic OH excluding ortho intramolecular Hbond substituents is 1. The molecule has 5 heteroatoms. The number of nitrogens with one attached hydrogen (secondary N) is 1. The quantitative estimate of drug-likeness (QED) is 0.893. The van der Waals surface area contributed by atoms with Crippen LogP contribution < -0.4 is 5.32 Å². The summed E-state index contributed by atoms with van der Waals surface area (Å²) < 4.78 is 0. The summed E-state index contributed by atoms with van der Waals surface area (Å²) >= 11 is 0. The first-order chi connectivity index (χ1) is 10.5. The summed E-state index contributed by atoms with van der Waals surface area (Å²) in [5, 5.41) is 12.7. The lowest BCUT2D eigenvalue weighted by molar-refractivity contribution is -0.116. The molecule has 3 rings (SSSR count). The van der Waals surface area contributed by atoms with E-state index in [4.69, 9.17) is 0 Å². The van der Waals surface area contributed by atoms with Gasteiger partial charge >= 0.3 is 0 Å². The van der Waals surface area contributed by atoms with E-state index in [2.05, 4.69) is 15.3 Å². The minimum Gasteiger partial charge on any atom is -0.508 e. The van der Waals surface area contributed by atoms with Crippen LogP contribution in [-0.4, -0.2) is 21.0 Å². The molecule has 0 saturated carbocycles. The fraction of sp³-hybridized carbons (Fsp3) is 0.353. The van der Waals surface area contributed by atoms with E-state index in [0.717, 1.165) is 22.6 Å². The fourth-order valence-corrected chi connectivity index (χ4v) is 2.74. The van der Waals surface area contributed by atoms with Gasteiger partial charge in [-0.05, 0) is 30.2 Å². The van der Waals surface area contributed by atoms with Gasteiger partial charge in [-0.25, -0.2) is 9.97 Å². The standard InChI is InChI=1S/C17H19N3O2/c1-9(2)17-18-5-4-13(20-17)12-7-16(22)19-14-8-15(21)10(3)6-11(12)14/h4-6,8-9,12,21H,7H2,1-3H3,(H,19,22)/t12-/m0/s1. The van der Waals surface area contributed by atoms with Gasteiger partial charge in [-0.1, -0.05) is 13.8 Å². The number of aryl methyl sites for hydroxylation is 1. The third-order valence-corrected chi connectivity index (χ3v) is 3.98. The van der Waals surface area contributed by atoms with Gasteiger partial charge in [0.25, 0.3) is 0 Å². The predicted molar refractivity (Wildman–Crippen MR) is 84.1 cm³/mol. The van der Waals surface area contributed by atoms with Crippen LogP contribution in [0.3, 0.4) is 0 Å². The molecule has 0 fully saturated rings. The Labute approximate surface area is 129 Å². The molecule has 5 nitrogen and oxygen atoms in total. The number of anilines is 1. The molecule has 1 amide bonds. The number of rotatable bonds is 2. The average molecular weight is 297 g/mol. The lowest BCUT2D eigenvalue weighted by Gasteiger charge is -2.26. The van der Waals surface area contributed by atoms with Crippen molar-refractivity contribution in [3.63, 3.8) is 0 Å². The van der Waals surface area contributed by atoms with Crippen LogP contribution in [-0.2, 0) is 4.79 Å². The molecule has 1 atom stereocenters. The molecule has 1 aromatic carbocycles. The number of carbonyl (C=O) groups excluding carboxylic acids is 1. The molecule has 0 spiro atoms. The minimum absolute atomic E-state index is 0.0644. The number of carbonyl (C=O) groups is 1. The first kappa shape index (κ1) is 14.5. The van der Waals surface area contributed by atoms with Crippen LogP contribution in [0.4, 0.5) is 5.69 Å². The van der Waals surface area contributed by atoms with E-state index in [9.17, 15) is 9.90 Å². The Bertz CT molecular complexity index is 741. The van der Waals surface area contributed by atoms with Crippen LogP contribution in [0.15, 0.2) is 24.4 Å². The lowest BCUT2D eigenvalue weighted by atomic mass is 9.86. The molecule has 114 valence electrons. The van der Waals surface area contributed by atoms with Gasteiger partial charge in [0.15, 0.2) is 0 Å². The van der Waals surface area contributed by atoms with Crippen molar-refractivity contribution in [2.45, 2.75) is 39.0 Å². The van der Waals surface area contributed by atoms with Crippen LogP contribution in [0.25, 0.3) is 0 Å². The molecule has 22 heavy (non-hydrogen) atoms. The Balaban J connectivity index is 2.11. The Morgan fingerprint density at radius 3 is 2.86 bits per heavy atom. The topological polar surface area (TPSA) is 75.1 Å². The summed E-state index contributed by atoms with van der Waals surface area (Å²) in [5.74, 6) is 1.03. The second kappa shape index (κ2) is 5.40. The van der Waals surface area contributed by atoms with Gasteiger partial charge < -0.3 is 10.4 Å². The number of benzene rings is 1. The second-order valence-corrected chi connectivity index (χ2v) is 6.03. The van der Waals surface area contributed by atoms with Crippen LogP contribution in [0.1, 0.15) is 54.7 Å². The molecule has 0 radical (unpaired) electrons. The molecule has 1 aliphatic rings. The van der Waals surface area contributed by atoms with Gasteiger partial charge in [-0.15, -0.1) is 0 Å². The zero-order chi connectivity index (χ0) is 15.9. The van der Waals surface area contributed by atoms with Gasteiger partial charge in [0.1, 0.15) is 11.6 Å². The number of hydrogen-bond acceptors (Lipinski definition) is 4. The van der Waals surface area contributed by atoms with Crippen molar-refractivity contribution in [2.24, 2.45) is 0 Å². The van der Waals surface area contributed by atoms with E-state index >= 15 is 0 Å². The summed E-state index contributed by atoms with van der Waals surface area (Å²) in [5.41, 5.74) is 3.29. The normalized spacial score (nSPS) is 17.3. The van der Waals surface area contributed by atoms with Crippen molar-refractivity contribution in [1.82, 2.24) is 9.97 Å². The van der Waals surface area contributed by atoms with Gasteiger partial charge in [-0.2, -0.15) is 0 Å². The average Bonchev–Trinajstić information content (AvgIpc) is 2.48. The Kier molecular flexibility index (Phi) is 3.56. The Morgan fingerprint density at radius 1 is 1.36 bits per heavy atom. The highest BCUT2D eigenvalue weighted by Gasteiger charge is 2.28. The smallest absolute Gasteiger partial charge is 0.225 e. The van der Waals surface area contributed by atoms with E-state index < -0.39 is 0 Å². The van der Waals surface area contributed by atoms with Gasteiger partial charge in [0.2, 0.25) is 5.91 Å². The van der Waals surface area contributed by atoms with Gasteiger partial charge in [0, 0.05) is 36.2 Å². The number of amides is 1. The first-order valence-corrected chi connectivity index (χ1v) is 7.42. The number of aromatic nitrogens is 2. The van der Waals surface area contributed by atoms with Crippen molar-refractivity contribution in [2.75, 3.05) is 5.32 Å². The maximum absolute atomic E-state index is 12.0. The SMILES string of the molecule is Cc1cc2c(cc1O)NC(=O)C[C@@H]2c1ccnc(C(C)C)n1. The highest BCUT2D eigenvalue weighted by atomic mass is 16.3.